The van der Waals surface area contributed by atoms with Gasteiger partial charge in [0.1, 0.15) is 12.4 Å². The number of amides is 1. The van der Waals surface area contributed by atoms with Crippen molar-refractivity contribution in [3.63, 3.8) is 0 Å². The van der Waals surface area contributed by atoms with Crippen LogP contribution in [0.5, 0.6) is 5.75 Å². The van der Waals surface area contributed by atoms with Crippen molar-refractivity contribution < 1.29 is 14.3 Å². The lowest BCUT2D eigenvalue weighted by molar-refractivity contribution is 0.0910. The number of benzene rings is 1. The first-order valence-electron chi connectivity index (χ1n) is 10.7. The van der Waals surface area contributed by atoms with Crippen molar-refractivity contribution in [1.82, 2.24) is 14.7 Å². The van der Waals surface area contributed by atoms with E-state index in [2.05, 4.69) is 12.0 Å². The third kappa shape index (κ3) is 5.31. The summed E-state index contributed by atoms with van der Waals surface area (Å²) in [5.74, 6) is 0.910. The molecule has 1 aliphatic rings. The van der Waals surface area contributed by atoms with E-state index >= 15 is 0 Å². The molecule has 1 aliphatic carbocycles. The van der Waals surface area contributed by atoms with Gasteiger partial charge < -0.3 is 14.4 Å². The first-order valence-corrected chi connectivity index (χ1v) is 10.7. The molecule has 1 unspecified atom stereocenters. The Morgan fingerprint density at radius 3 is 2.59 bits per heavy atom. The molecule has 3 rings (SSSR count). The summed E-state index contributed by atoms with van der Waals surface area (Å²) in [6.45, 7) is 4.24. The van der Waals surface area contributed by atoms with E-state index in [-0.39, 0.29) is 18.7 Å². The van der Waals surface area contributed by atoms with Crippen LogP contribution >= 0.6 is 0 Å². The van der Waals surface area contributed by atoms with Gasteiger partial charge in [0.25, 0.3) is 0 Å². The van der Waals surface area contributed by atoms with Crippen LogP contribution in [0.3, 0.4) is 0 Å². The molecule has 1 aromatic heterocycles. The third-order valence-corrected chi connectivity index (χ3v) is 5.95. The van der Waals surface area contributed by atoms with Gasteiger partial charge in [0.2, 0.25) is 0 Å². The lowest BCUT2D eigenvalue weighted by atomic mass is 9.98. The van der Waals surface area contributed by atoms with E-state index in [1.54, 1.807) is 16.6 Å². The van der Waals surface area contributed by atoms with Crippen molar-refractivity contribution in [2.75, 3.05) is 7.05 Å². The number of ether oxygens (including phenoxy) is 2. The smallest absolute Gasteiger partial charge is 0.410 e. The summed E-state index contributed by atoms with van der Waals surface area (Å²) in [5.41, 5.74) is 2.88. The molecule has 1 saturated carbocycles. The molecule has 1 aromatic carbocycles. The number of nitrogens with zero attached hydrogens (tertiary/aromatic N) is 3. The molecular formula is C23H33N3O3. The number of hydrogen-bond acceptors (Lipinski definition) is 4. The van der Waals surface area contributed by atoms with E-state index in [0.717, 1.165) is 41.8 Å². The molecule has 1 amide bonds. The van der Waals surface area contributed by atoms with Crippen LogP contribution in [0, 0.1) is 0 Å². The zero-order chi connectivity index (χ0) is 20.8. The molecule has 2 aromatic rings. The van der Waals surface area contributed by atoms with Crippen molar-refractivity contribution >= 4 is 6.09 Å². The Hall–Kier alpha value is -2.50. The van der Waals surface area contributed by atoms with Crippen LogP contribution in [0.4, 0.5) is 4.79 Å². The lowest BCUT2D eigenvalue weighted by Crippen LogP contribution is -2.35. The van der Waals surface area contributed by atoms with Gasteiger partial charge in [-0.25, -0.2) is 4.79 Å². The Balaban J connectivity index is 1.66. The first kappa shape index (κ1) is 21.2. The SMILES string of the molecule is CCC(C)N(C)C(=O)OCc1c(-c2ccc(OC3CCCCC3)cc2)cnn1C. The number of aromatic nitrogens is 2. The molecule has 1 fully saturated rings. The predicted molar refractivity (Wildman–Crippen MR) is 114 cm³/mol. The van der Waals surface area contributed by atoms with Gasteiger partial charge in [-0.15, -0.1) is 0 Å². The van der Waals surface area contributed by atoms with E-state index in [4.69, 9.17) is 9.47 Å². The fraction of sp³-hybridized carbons (Fsp3) is 0.565. The normalized spacial score (nSPS) is 15.7. The van der Waals surface area contributed by atoms with Crippen LogP contribution in [0.15, 0.2) is 30.5 Å². The summed E-state index contributed by atoms with van der Waals surface area (Å²) in [5, 5.41) is 4.36. The molecule has 6 nitrogen and oxygen atoms in total. The maximum atomic E-state index is 12.3. The van der Waals surface area contributed by atoms with Gasteiger partial charge in [0, 0.05) is 25.7 Å². The highest BCUT2D eigenvalue weighted by Crippen LogP contribution is 2.28. The number of aryl methyl sites for hydroxylation is 1. The highest BCUT2D eigenvalue weighted by molar-refractivity contribution is 5.69. The van der Waals surface area contributed by atoms with Gasteiger partial charge in [-0.1, -0.05) is 25.5 Å². The van der Waals surface area contributed by atoms with E-state index in [1.165, 1.54) is 19.3 Å². The van der Waals surface area contributed by atoms with Crippen LogP contribution in [-0.4, -0.2) is 40.0 Å². The Bertz CT molecular complexity index is 794. The molecule has 6 heteroatoms. The first-order chi connectivity index (χ1) is 14.0. The average Bonchev–Trinajstić information content (AvgIpc) is 3.12. The summed E-state index contributed by atoms with van der Waals surface area (Å²) in [6, 6.07) is 8.27. The maximum absolute atomic E-state index is 12.3. The number of carbonyl (C=O) groups excluding carboxylic acids is 1. The monoisotopic (exact) mass is 399 g/mol. The topological polar surface area (TPSA) is 56.6 Å². The Kier molecular flexibility index (Phi) is 7.18. The highest BCUT2D eigenvalue weighted by Gasteiger charge is 2.19. The molecular weight excluding hydrogens is 366 g/mol. The second-order valence-electron chi connectivity index (χ2n) is 7.95. The minimum absolute atomic E-state index is 0.144. The largest absolute Gasteiger partial charge is 0.490 e. The minimum atomic E-state index is -0.317. The van der Waals surface area contributed by atoms with Gasteiger partial charge in [-0.3, -0.25) is 4.68 Å². The van der Waals surface area contributed by atoms with E-state index < -0.39 is 0 Å². The second-order valence-corrected chi connectivity index (χ2v) is 7.95. The second kappa shape index (κ2) is 9.81. The van der Waals surface area contributed by atoms with E-state index in [1.807, 2.05) is 44.4 Å². The molecule has 0 saturated heterocycles. The van der Waals surface area contributed by atoms with Crippen LogP contribution in [0.2, 0.25) is 0 Å². The molecule has 0 bridgehead atoms. The molecule has 158 valence electrons. The fourth-order valence-corrected chi connectivity index (χ4v) is 3.65. The molecule has 1 atom stereocenters. The molecule has 29 heavy (non-hydrogen) atoms. The Morgan fingerprint density at radius 2 is 1.93 bits per heavy atom. The van der Waals surface area contributed by atoms with Crippen molar-refractivity contribution in [1.29, 1.82) is 0 Å². The van der Waals surface area contributed by atoms with Gasteiger partial charge in [-0.05, 0) is 56.7 Å². The highest BCUT2D eigenvalue weighted by atomic mass is 16.6. The number of rotatable bonds is 7. The van der Waals surface area contributed by atoms with Gasteiger partial charge >= 0.3 is 6.09 Å². The summed E-state index contributed by atoms with van der Waals surface area (Å²) in [4.78, 5) is 13.9. The fourth-order valence-electron chi connectivity index (χ4n) is 3.65. The number of hydrogen-bond donors (Lipinski definition) is 0. The summed E-state index contributed by atoms with van der Waals surface area (Å²) >= 11 is 0. The van der Waals surface area contributed by atoms with Crippen molar-refractivity contribution in [2.45, 2.75) is 71.1 Å². The van der Waals surface area contributed by atoms with Crippen molar-refractivity contribution in [2.24, 2.45) is 7.05 Å². The van der Waals surface area contributed by atoms with E-state index in [9.17, 15) is 4.79 Å². The molecule has 0 radical (unpaired) electrons. The zero-order valence-corrected chi connectivity index (χ0v) is 18.1. The van der Waals surface area contributed by atoms with Crippen molar-refractivity contribution in [3.05, 3.63) is 36.2 Å². The lowest BCUT2D eigenvalue weighted by Gasteiger charge is -2.23. The molecule has 0 aliphatic heterocycles. The molecule has 0 N–H and O–H groups in total. The van der Waals surface area contributed by atoms with E-state index in [0.29, 0.717) is 6.10 Å². The maximum Gasteiger partial charge on any atom is 0.410 e. The average molecular weight is 400 g/mol. The van der Waals surface area contributed by atoms with Crippen LogP contribution in [0.25, 0.3) is 11.1 Å². The van der Waals surface area contributed by atoms with Crippen LogP contribution < -0.4 is 4.74 Å². The Morgan fingerprint density at radius 1 is 1.24 bits per heavy atom. The third-order valence-electron chi connectivity index (χ3n) is 5.95. The molecule has 0 spiro atoms. The summed E-state index contributed by atoms with van der Waals surface area (Å²) in [6.07, 6.45) is 8.85. The predicted octanol–water partition coefficient (Wildman–Crippen LogP) is 5.17. The summed E-state index contributed by atoms with van der Waals surface area (Å²) < 4.78 is 13.4. The standard InChI is InChI=1S/C23H33N3O3/c1-5-17(2)25(3)23(27)28-16-22-21(15-24-26(22)4)18-11-13-20(14-12-18)29-19-9-7-6-8-10-19/h11-15,17,19H,5-10,16H2,1-4H3. The van der Waals surface area contributed by atoms with Crippen LogP contribution in [-0.2, 0) is 18.4 Å². The summed E-state index contributed by atoms with van der Waals surface area (Å²) in [7, 11) is 3.64. The van der Waals surface area contributed by atoms with Gasteiger partial charge in [0.05, 0.1) is 18.0 Å². The quantitative estimate of drug-likeness (QED) is 0.645. The van der Waals surface area contributed by atoms with Gasteiger partial charge in [-0.2, -0.15) is 5.10 Å². The number of carbonyl (C=O) groups is 1. The van der Waals surface area contributed by atoms with Crippen molar-refractivity contribution in [3.8, 4) is 16.9 Å². The molecule has 1 heterocycles. The van der Waals surface area contributed by atoms with Gasteiger partial charge in [0.15, 0.2) is 0 Å². The Labute approximate surface area is 173 Å². The zero-order valence-electron chi connectivity index (χ0n) is 18.1. The van der Waals surface area contributed by atoms with Crippen LogP contribution in [0.1, 0.15) is 58.1 Å². The minimum Gasteiger partial charge on any atom is -0.490 e.